The normalized spacial score (nSPS) is 17.2. The van der Waals surface area contributed by atoms with Gasteiger partial charge in [0, 0.05) is 0 Å². The number of carbonyl (C=O) groups excluding carboxylic acids is 1. The lowest BCUT2D eigenvalue weighted by atomic mass is 9.95. The molecular formula is C18H17NO5S. The first-order valence-electron chi connectivity index (χ1n) is 7.95. The van der Waals surface area contributed by atoms with Crippen LogP contribution in [0.5, 0.6) is 11.5 Å². The first-order chi connectivity index (χ1) is 11.9. The molecule has 6 nitrogen and oxygen atoms in total. The molecule has 1 N–H and O–H groups in total. The summed E-state index contributed by atoms with van der Waals surface area (Å²) in [6.07, 6.45) is 1.20. The Balaban J connectivity index is 1.62. The second-order valence-electron chi connectivity index (χ2n) is 6.35. The zero-order valence-electron chi connectivity index (χ0n) is 13.6. The first kappa shape index (κ1) is 16.0. The Morgan fingerprint density at radius 2 is 1.80 bits per heavy atom. The summed E-state index contributed by atoms with van der Waals surface area (Å²) >= 11 is 0. The van der Waals surface area contributed by atoms with Crippen molar-refractivity contribution in [1.82, 2.24) is 4.72 Å². The van der Waals surface area contributed by atoms with Gasteiger partial charge < -0.3 is 9.47 Å². The highest BCUT2D eigenvalue weighted by Crippen LogP contribution is 2.50. The molecule has 0 spiro atoms. The van der Waals surface area contributed by atoms with Gasteiger partial charge in [-0.3, -0.25) is 4.79 Å². The molecule has 0 bridgehead atoms. The summed E-state index contributed by atoms with van der Waals surface area (Å²) in [4.78, 5) is 12.9. The lowest BCUT2D eigenvalue weighted by Gasteiger charge is -2.17. The van der Waals surface area contributed by atoms with Crippen molar-refractivity contribution in [2.45, 2.75) is 30.1 Å². The zero-order chi connectivity index (χ0) is 17.7. The maximum atomic E-state index is 12.8. The molecular weight excluding hydrogens is 342 g/mol. The number of amides is 1. The maximum Gasteiger partial charge on any atom is 0.264 e. The highest BCUT2D eigenvalue weighted by Gasteiger charge is 2.52. The second kappa shape index (κ2) is 5.49. The lowest BCUT2D eigenvalue weighted by Crippen LogP contribution is -2.39. The minimum Gasteiger partial charge on any atom is -0.454 e. The van der Waals surface area contributed by atoms with E-state index in [1.54, 1.807) is 43.3 Å². The van der Waals surface area contributed by atoms with Crippen LogP contribution in [0.1, 0.15) is 24.0 Å². The third-order valence-corrected chi connectivity index (χ3v) is 6.21. The van der Waals surface area contributed by atoms with Crippen LogP contribution in [0.15, 0.2) is 47.4 Å². The van der Waals surface area contributed by atoms with Gasteiger partial charge >= 0.3 is 0 Å². The molecule has 0 atom stereocenters. The molecule has 4 rings (SSSR count). The molecule has 2 aromatic carbocycles. The van der Waals surface area contributed by atoms with Crippen LogP contribution in [-0.2, 0) is 20.2 Å². The van der Waals surface area contributed by atoms with E-state index in [1.165, 1.54) is 6.07 Å². The van der Waals surface area contributed by atoms with Crippen LogP contribution in [0, 0.1) is 6.92 Å². The van der Waals surface area contributed by atoms with Crippen LogP contribution in [0.2, 0.25) is 0 Å². The summed E-state index contributed by atoms with van der Waals surface area (Å²) in [6, 6.07) is 11.9. The van der Waals surface area contributed by atoms with Crippen molar-refractivity contribution >= 4 is 15.9 Å². The molecule has 130 valence electrons. The molecule has 1 heterocycles. The fourth-order valence-electron chi connectivity index (χ4n) is 3.10. The van der Waals surface area contributed by atoms with Crippen LogP contribution in [0.3, 0.4) is 0 Å². The molecule has 0 saturated heterocycles. The molecule has 1 aliphatic carbocycles. The van der Waals surface area contributed by atoms with Gasteiger partial charge in [0.2, 0.25) is 12.7 Å². The van der Waals surface area contributed by atoms with E-state index in [2.05, 4.69) is 4.72 Å². The summed E-state index contributed by atoms with van der Waals surface area (Å²) in [7, 11) is -3.91. The Labute approximate surface area is 145 Å². The van der Waals surface area contributed by atoms with Gasteiger partial charge in [-0.15, -0.1) is 0 Å². The second-order valence-corrected chi connectivity index (χ2v) is 8.00. The predicted octanol–water partition coefficient (Wildman–Crippen LogP) is 2.26. The van der Waals surface area contributed by atoms with Crippen molar-refractivity contribution in [1.29, 1.82) is 0 Å². The molecule has 0 aromatic heterocycles. The molecule has 1 amide bonds. The Morgan fingerprint density at radius 1 is 1.08 bits per heavy atom. The minimum absolute atomic E-state index is 0.116. The van der Waals surface area contributed by atoms with Crippen molar-refractivity contribution in [3.63, 3.8) is 0 Å². The summed E-state index contributed by atoms with van der Waals surface area (Å²) in [6.45, 7) is 1.85. The maximum absolute atomic E-state index is 12.8. The number of aryl methyl sites for hydroxylation is 1. The van der Waals surface area contributed by atoms with Crippen LogP contribution < -0.4 is 14.2 Å². The molecule has 25 heavy (non-hydrogen) atoms. The summed E-state index contributed by atoms with van der Waals surface area (Å²) in [5.74, 6) is 0.709. The van der Waals surface area contributed by atoms with E-state index in [1.807, 2.05) is 0 Å². The van der Waals surface area contributed by atoms with E-state index >= 15 is 0 Å². The van der Waals surface area contributed by atoms with Gasteiger partial charge in [0.1, 0.15) is 0 Å². The van der Waals surface area contributed by atoms with Gasteiger partial charge in [-0.25, -0.2) is 13.1 Å². The minimum atomic E-state index is -3.91. The molecule has 1 fully saturated rings. The summed E-state index contributed by atoms with van der Waals surface area (Å²) in [5.41, 5.74) is 0.515. The fraction of sp³-hybridized carbons (Fsp3) is 0.278. The summed E-state index contributed by atoms with van der Waals surface area (Å²) < 4.78 is 38.0. The Morgan fingerprint density at radius 3 is 2.52 bits per heavy atom. The molecule has 2 aromatic rings. The monoisotopic (exact) mass is 359 g/mol. The predicted molar refractivity (Wildman–Crippen MR) is 90.0 cm³/mol. The van der Waals surface area contributed by atoms with Crippen LogP contribution in [0.25, 0.3) is 0 Å². The quantitative estimate of drug-likeness (QED) is 0.906. The van der Waals surface area contributed by atoms with E-state index in [9.17, 15) is 13.2 Å². The molecule has 0 radical (unpaired) electrons. The van der Waals surface area contributed by atoms with Crippen molar-refractivity contribution in [3.8, 4) is 11.5 Å². The average molecular weight is 359 g/mol. The van der Waals surface area contributed by atoms with E-state index in [4.69, 9.17) is 9.47 Å². The number of rotatable bonds is 4. The number of sulfonamides is 1. The van der Waals surface area contributed by atoms with Crippen molar-refractivity contribution in [2.24, 2.45) is 0 Å². The largest absolute Gasteiger partial charge is 0.454 e. The number of hydrogen-bond acceptors (Lipinski definition) is 5. The van der Waals surface area contributed by atoms with Crippen molar-refractivity contribution in [2.75, 3.05) is 6.79 Å². The number of benzene rings is 2. The number of nitrogens with one attached hydrogen (secondary N) is 1. The van der Waals surface area contributed by atoms with Gasteiger partial charge in [-0.05, 0) is 49.1 Å². The van der Waals surface area contributed by atoms with Gasteiger partial charge in [0.15, 0.2) is 11.5 Å². The molecule has 7 heteroatoms. The SMILES string of the molecule is Cc1ccccc1S(=O)(=O)NC(=O)C1(c2ccc3c(c2)OCO3)CC1. The van der Waals surface area contributed by atoms with E-state index in [-0.39, 0.29) is 11.7 Å². The Kier molecular flexibility index (Phi) is 3.50. The Hall–Kier alpha value is -2.54. The zero-order valence-corrected chi connectivity index (χ0v) is 14.4. The smallest absolute Gasteiger partial charge is 0.264 e. The Bertz CT molecular complexity index is 963. The van der Waals surface area contributed by atoms with Gasteiger partial charge in [-0.1, -0.05) is 24.3 Å². The van der Waals surface area contributed by atoms with E-state index in [0.717, 1.165) is 5.56 Å². The van der Waals surface area contributed by atoms with Crippen molar-refractivity contribution < 1.29 is 22.7 Å². The molecule has 0 unspecified atom stereocenters. The lowest BCUT2D eigenvalue weighted by molar-refractivity contribution is -0.121. The topological polar surface area (TPSA) is 81.7 Å². The number of carbonyl (C=O) groups is 1. The third kappa shape index (κ3) is 2.64. The van der Waals surface area contributed by atoms with E-state index in [0.29, 0.717) is 29.9 Å². The molecule has 1 aliphatic heterocycles. The van der Waals surface area contributed by atoms with Gasteiger partial charge in [0.05, 0.1) is 10.3 Å². The van der Waals surface area contributed by atoms with Crippen molar-refractivity contribution in [3.05, 3.63) is 53.6 Å². The van der Waals surface area contributed by atoms with Crippen LogP contribution in [-0.4, -0.2) is 21.1 Å². The first-order valence-corrected chi connectivity index (χ1v) is 9.44. The van der Waals surface area contributed by atoms with Gasteiger partial charge in [-0.2, -0.15) is 0 Å². The number of ether oxygens (including phenoxy) is 2. The number of fused-ring (bicyclic) bond motifs is 1. The van der Waals surface area contributed by atoms with E-state index < -0.39 is 21.3 Å². The average Bonchev–Trinajstić information content (AvgIpc) is 3.26. The number of hydrogen-bond donors (Lipinski definition) is 1. The summed E-state index contributed by atoms with van der Waals surface area (Å²) in [5, 5.41) is 0. The molecule has 1 saturated carbocycles. The standard InChI is InChI=1S/C18H17NO5S/c1-12-4-2-3-5-16(12)25(21,22)19-17(20)18(8-9-18)13-6-7-14-15(10-13)24-11-23-14/h2-7,10H,8-9,11H2,1H3,(H,19,20). The highest BCUT2D eigenvalue weighted by molar-refractivity contribution is 7.90. The van der Waals surface area contributed by atoms with Crippen LogP contribution >= 0.6 is 0 Å². The fourth-order valence-corrected chi connectivity index (χ4v) is 4.40. The van der Waals surface area contributed by atoms with Crippen LogP contribution in [0.4, 0.5) is 0 Å². The third-order valence-electron chi connectivity index (χ3n) is 4.72. The highest BCUT2D eigenvalue weighted by atomic mass is 32.2. The molecule has 2 aliphatic rings. The van der Waals surface area contributed by atoms with Gasteiger partial charge in [0.25, 0.3) is 10.0 Å².